The van der Waals surface area contributed by atoms with E-state index in [9.17, 15) is 28.3 Å². The van der Waals surface area contributed by atoms with Gasteiger partial charge in [0.15, 0.2) is 0 Å². The Morgan fingerprint density at radius 1 is 1.11 bits per heavy atom. The molecule has 0 saturated heterocycles. The third-order valence-electron chi connectivity index (χ3n) is 3.72. The molecule has 1 aromatic heterocycles. The van der Waals surface area contributed by atoms with Crippen molar-refractivity contribution in [1.82, 2.24) is 9.78 Å². The maximum atomic E-state index is 12.5. The molecule has 28 heavy (non-hydrogen) atoms. The number of carboxylic acids is 1. The van der Waals surface area contributed by atoms with Gasteiger partial charge >= 0.3 is 6.61 Å². The van der Waals surface area contributed by atoms with Crippen LogP contribution in [0.15, 0.2) is 53.3 Å². The summed E-state index contributed by atoms with van der Waals surface area (Å²) in [5, 5.41) is 17.7. The summed E-state index contributed by atoms with van der Waals surface area (Å²) < 4.78 is 29.2. The first-order valence-electron chi connectivity index (χ1n) is 7.91. The van der Waals surface area contributed by atoms with Gasteiger partial charge in [0.05, 0.1) is 11.4 Å². The number of amides is 1. The van der Waals surface area contributed by atoms with Gasteiger partial charge < -0.3 is 20.0 Å². The van der Waals surface area contributed by atoms with E-state index in [1.165, 1.54) is 36.4 Å². The summed E-state index contributed by atoms with van der Waals surface area (Å²) >= 11 is 0. The second-order valence-corrected chi connectivity index (χ2v) is 5.60. The molecule has 8 nitrogen and oxygen atoms in total. The van der Waals surface area contributed by atoms with Gasteiger partial charge in [-0.25, -0.2) is 4.68 Å². The Bertz CT molecular complexity index is 1100. The van der Waals surface area contributed by atoms with Gasteiger partial charge in [0.2, 0.25) is 5.91 Å². The Kier molecular flexibility index (Phi) is 5.30. The third-order valence-corrected chi connectivity index (χ3v) is 3.72. The van der Waals surface area contributed by atoms with Crippen LogP contribution in [0.25, 0.3) is 10.8 Å². The normalized spacial score (nSPS) is 10.8. The minimum atomic E-state index is -2.97. The number of carbonyl (C=O) groups is 2. The zero-order valence-electron chi connectivity index (χ0n) is 14.1. The topological polar surface area (TPSA) is 113 Å². The van der Waals surface area contributed by atoms with Crippen LogP contribution in [0.3, 0.4) is 0 Å². The predicted octanol–water partition coefficient (Wildman–Crippen LogP) is 1.00. The number of hydrogen-bond acceptors (Lipinski definition) is 6. The number of hydrogen-bond donors (Lipinski definition) is 1. The molecule has 3 aromatic rings. The number of anilines is 1. The fourth-order valence-corrected chi connectivity index (χ4v) is 2.55. The van der Waals surface area contributed by atoms with Crippen molar-refractivity contribution in [2.24, 2.45) is 0 Å². The maximum absolute atomic E-state index is 12.5. The largest absolute Gasteiger partial charge is 0.543 e. The highest BCUT2D eigenvalue weighted by Crippen LogP contribution is 2.18. The number of carboxylic acid groups (broad SMARTS) is 1. The van der Waals surface area contributed by atoms with E-state index >= 15 is 0 Å². The number of halogens is 2. The van der Waals surface area contributed by atoms with E-state index in [1.807, 2.05) is 0 Å². The van der Waals surface area contributed by atoms with E-state index in [-0.39, 0.29) is 22.2 Å². The second-order valence-electron chi connectivity index (χ2n) is 5.60. The average molecular weight is 388 g/mol. The second kappa shape index (κ2) is 7.82. The Balaban J connectivity index is 1.82. The SMILES string of the molecule is O=C(Cn1nc(C(=O)[O-])c2ccccc2c1=O)Nc1ccc(OC(F)F)cc1. The molecule has 0 saturated carbocycles. The molecular formula is C18H12F2N3O5-. The number of nitrogens with one attached hydrogen (secondary N) is 1. The van der Waals surface area contributed by atoms with Gasteiger partial charge in [0, 0.05) is 11.1 Å². The number of nitrogens with zero attached hydrogens (tertiary/aromatic N) is 2. The highest BCUT2D eigenvalue weighted by atomic mass is 19.3. The van der Waals surface area contributed by atoms with Crippen LogP contribution in [0.2, 0.25) is 0 Å². The molecule has 3 rings (SSSR count). The number of fused-ring (bicyclic) bond motifs is 1. The molecule has 144 valence electrons. The lowest BCUT2D eigenvalue weighted by atomic mass is 10.1. The van der Waals surface area contributed by atoms with Crippen molar-refractivity contribution in [1.29, 1.82) is 0 Å². The van der Waals surface area contributed by atoms with E-state index in [2.05, 4.69) is 15.2 Å². The molecular weight excluding hydrogens is 376 g/mol. The van der Waals surface area contributed by atoms with Crippen LogP contribution in [-0.2, 0) is 11.3 Å². The molecule has 0 spiro atoms. The summed E-state index contributed by atoms with van der Waals surface area (Å²) in [6.45, 7) is -3.52. The molecule has 1 N–H and O–H groups in total. The minimum absolute atomic E-state index is 0.0815. The molecule has 0 aliphatic carbocycles. The van der Waals surface area contributed by atoms with E-state index in [4.69, 9.17) is 0 Å². The van der Waals surface area contributed by atoms with Gasteiger partial charge in [0.25, 0.3) is 5.56 Å². The van der Waals surface area contributed by atoms with E-state index in [0.717, 1.165) is 4.68 Å². The fraction of sp³-hybridized carbons (Fsp3) is 0.111. The van der Waals surface area contributed by atoms with Crippen molar-refractivity contribution in [2.45, 2.75) is 13.2 Å². The number of rotatable bonds is 6. The molecule has 0 aliphatic heterocycles. The smallest absolute Gasteiger partial charge is 0.387 e. The molecule has 0 bridgehead atoms. The van der Waals surface area contributed by atoms with E-state index < -0.39 is 36.3 Å². The van der Waals surface area contributed by atoms with Crippen molar-refractivity contribution in [2.75, 3.05) is 5.32 Å². The third kappa shape index (κ3) is 4.11. The predicted molar refractivity (Wildman–Crippen MR) is 92.0 cm³/mol. The summed E-state index contributed by atoms with van der Waals surface area (Å²) in [5.41, 5.74) is -0.839. The van der Waals surface area contributed by atoms with Gasteiger partial charge in [-0.1, -0.05) is 18.2 Å². The van der Waals surface area contributed by atoms with Crippen molar-refractivity contribution < 1.29 is 28.2 Å². The van der Waals surface area contributed by atoms with Crippen molar-refractivity contribution in [3.63, 3.8) is 0 Å². The lowest BCUT2D eigenvalue weighted by Gasteiger charge is -2.12. The summed E-state index contributed by atoms with van der Waals surface area (Å²) in [7, 11) is 0. The first-order valence-corrected chi connectivity index (χ1v) is 7.91. The molecule has 1 amide bonds. The van der Waals surface area contributed by atoms with Gasteiger partial charge in [-0.05, 0) is 30.3 Å². The number of alkyl halides is 2. The number of aromatic nitrogens is 2. The molecule has 2 aromatic carbocycles. The first-order chi connectivity index (χ1) is 13.3. The summed E-state index contributed by atoms with van der Waals surface area (Å²) in [4.78, 5) is 36.0. The summed E-state index contributed by atoms with van der Waals surface area (Å²) in [5.74, 6) is -2.34. The lowest BCUT2D eigenvalue weighted by Crippen LogP contribution is -2.34. The van der Waals surface area contributed by atoms with Crippen LogP contribution in [0.4, 0.5) is 14.5 Å². The lowest BCUT2D eigenvalue weighted by molar-refractivity contribution is -0.255. The Morgan fingerprint density at radius 2 is 1.75 bits per heavy atom. The quantitative estimate of drug-likeness (QED) is 0.674. The average Bonchev–Trinajstić information content (AvgIpc) is 2.65. The molecule has 10 heteroatoms. The highest BCUT2D eigenvalue weighted by molar-refractivity contribution is 6.00. The van der Waals surface area contributed by atoms with Gasteiger partial charge in [-0.3, -0.25) is 9.59 Å². The molecule has 0 radical (unpaired) electrons. The Hall–Kier alpha value is -3.82. The molecule has 0 aliphatic rings. The zero-order valence-corrected chi connectivity index (χ0v) is 14.1. The molecule has 0 fully saturated rings. The Morgan fingerprint density at radius 3 is 2.36 bits per heavy atom. The van der Waals surface area contributed by atoms with Crippen LogP contribution < -0.4 is 20.7 Å². The van der Waals surface area contributed by atoms with Crippen LogP contribution in [0, 0.1) is 0 Å². The van der Waals surface area contributed by atoms with Crippen molar-refractivity contribution in [3.8, 4) is 5.75 Å². The van der Waals surface area contributed by atoms with Gasteiger partial charge in [0.1, 0.15) is 18.0 Å². The van der Waals surface area contributed by atoms with Crippen molar-refractivity contribution in [3.05, 3.63) is 64.6 Å². The standard InChI is InChI=1S/C18H13F2N3O5/c19-18(20)28-11-7-5-10(6-8-11)21-14(24)9-23-16(25)13-4-2-1-3-12(13)15(22-23)17(26)27/h1-8,18H,9H2,(H,21,24)(H,26,27)/p-1. The minimum Gasteiger partial charge on any atom is -0.543 e. The summed E-state index contributed by atoms with van der Waals surface area (Å²) in [6, 6.07) is 11.1. The van der Waals surface area contributed by atoms with Crippen LogP contribution >= 0.6 is 0 Å². The summed E-state index contributed by atoms with van der Waals surface area (Å²) in [6.07, 6.45) is 0. The number of aromatic carboxylic acids is 1. The van der Waals surface area contributed by atoms with Crippen molar-refractivity contribution >= 4 is 28.3 Å². The van der Waals surface area contributed by atoms with Gasteiger partial charge in [-0.2, -0.15) is 13.9 Å². The monoisotopic (exact) mass is 388 g/mol. The molecule has 0 unspecified atom stereocenters. The molecule has 0 atom stereocenters. The van der Waals surface area contributed by atoms with Gasteiger partial charge in [-0.15, -0.1) is 0 Å². The Labute approximate surface area is 156 Å². The van der Waals surface area contributed by atoms with Crippen LogP contribution in [0.5, 0.6) is 5.75 Å². The van der Waals surface area contributed by atoms with Crippen LogP contribution in [0.1, 0.15) is 10.5 Å². The first kappa shape index (κ1) is 19.0. The number of ether oxygens (including phenoxy) is 1. The zero-order chi connectivity index (χ0) is 20.3. The molecule has 1 heterocycles. The maximum Gasteiger partial charge on any atom is 0.387 e. The number of carbonyl (C=O) groups excluding carboxylic acids is 2. The fourth-order valence-electron chi connectivity index (χ4n) is 2.55. The van der Waals surface area contributed by atoms with Crippen LogP contribution in [-0.4, -0.2) is 28.3 Å². The number of benzene rings is 2. The van der Waals surface area contributed by atoms with E-state index in [1.54, 1.807) is 12.1 Å². The van der Waals surface area contributed by atoms with E-state index in [0.29, 0.717) is 0 Å². The highest BCUT2D eigenvalue weighted by Gasteiger charge is 2.14.